The smallest absolute Gasteiger partial charge is 0.00558 e. The third kappa shape index (κ3) is 1.76. The topological polar surface area (TPSA) is 0 Å². The van der Waals surface area contributed by atoms with Gasteiger partial charge >= 0.3 is 0 Å². The van der Waals surface area contributed by atoms with Gasteiger partial charge in [-0.05, 0) is 40.7 Å². The van der Waals surface area contributed by atoms with Gasteiger partial charge in [0.15, 0.2) is 0 Å². The van der Waals surface area contributed by atoms with Gasteiger partial charge in [-0.3, -0.25) is 0 Å². The predicted octanol–water partition coefficient (Wildman–Crippen LogP) is 4.86. The fourth-order valence-electron chi connectivity index (χ4n) is 3.22. The molecule has 0 nitrogen and oxygen atoms in total. The average molecular weight is 244 g/mol. The molecular weight excluding hydrogens is 228 g/mol. The molecule has 0 saturated carbocycles. The summed E-state index contributed by atoms with van der Waals surface area (Å²) in [6, 6.07) is 15.8. The van der Waals surface area contributed by atoms with E-state index in [-0.39, 0.29) is 0 Å². The maximum absolute atomic E-state index is 2.41. The van der Waals surface area contributed by atoms with E-state index in [1.165, 1.54) is 27.8 Å². The summed E-state index contributed by atoms with van der Waals surface area (Å²) in [6.45, 7) is 0. The van der Waals surface area contributed by atoms with E-state index in [0.29, 0.717) is 5.92 Å². The molecule has 2 aromatic rings. The maximum atomic E-state index is 2.41. The Labute approximate surface area is 114 Å². The Balaban J connectivity index is 1.75. The lowest BCUT2D eigenvalue weighted by atomic mass is 9.90. The van der Waals surface area contributed by atoms with Gasteiger partial charge in [-0.15, -0.1) is 0 Å². The molecule has 2 aliphatic rings. The summed E-state index contributed by atoms with van der Waals surface area (Å²) < 4.78 is 0. The minimum atomic E-state index is 0.555. The highest BCUT2D eigenvalue weighted by molar-refractivity contribution is 5.77. The molecule has 92 valence electrons. The molecule has 0 bridgehead atoms. The van der Waals surface area contributed by atoms with E-state index in [4.69, 9.17) is 0 Å². The van der Waals surface area contributed by atoms with Gasteiger partial charge in [-0.2, -0.15) is 0 Å². The molecule has 0 aliphatic heterocycles. The lowest BCUT2D eigenvalue weighted by Crippen LogP contribution is -1.97. The van der Waals surface area contributed by atoms with Crippen LogP contribution in [0.15, 0.2) is 66.8 Å². The van der Waals surface area contributed by atoms with Crippen LogP contribution in [-0.4, -0.2) is 0 Å². The minimum Gasteiger partial charge on any atom is -0.0836 e. The van der Waals surface area contributed by atoms with Gasteiger partial charge in [0.25, 0.3) is 0 Å². The van der Waals surface area contributed by atoms with Crippen LogP contribution < -0.4 is 0 Å². The summed E-state index contributed by atoms with van der Waals surface area (Å²) >= 11 is 0. The molecule has 0 N–H and O–H groups in total. The quantitative estimate of drug-likeness (QED) is 0.573. The van der Waals surface area contributed by atoms with Gasteiger partial charge in [-0.25, -0.2) is 0 Å². The molecule has 2 aromatic carbocycles. The number of allylic oxidation sites excluding steroid dienone is 4. The van der Waals surface area contributed by atoms with E-state index >= 15 is 0 Å². The lowest BCUT2D eigenvalue weighted by molar-refractivity contribution is 0.852. The van der Waals surface area contributed by atoms with E-state index < -0.39 is 0 Å². The molecule has 0 fully saturated rings. The van der Waals surface area contributed by atoms with Crippen LogP contribution in [0.5, 0.6) is 0 Å². The summed E-state index contributed by atoms with van der Waals surface area (Å²) in [5.41, 5.74) is 7.25. The zero-order valence-corrected chi connectivity index (χ0v) is 10.8. The summed E-state index contributed by atoms with van der Waals surface area (Å²) in [4.78, 5) is 0. The van der Waals surface area contributed by atoms with Crippen molar-refractivity contribution in [2.45, 2.75) is 18.8 Å². The van der Waals surface area contributed by atoms with Crippen molar-refractivity contribution in [3.05, 3.63) is 83.5 Å². The van der Waals surface area contributed by atoms with Gasteiger partial charge in [0.1, 0.15) is 0 Å². The number of fused-ring (bicyclic) bond motifs is 3. The Bertz CT molecular complexity index is 689. The van der Waals surface area contributed by atoms with Crippen molar-refractivity contribution in [1.82, 2.24) is 0 Å². The third-order valence-corrected chi connectivity index (χ3v) is 4.23. The van der Waals surface area contributed by atoms with Crippen molar-refractivity contribution in [3.8, 4) is 11.1 Å². The molecule has 0 radical (unpaired) electrons. The second kappa shape index (κ2) is 4.24. The number of hydrogen-bond donors (Lipinski definition) is 0. The first-order valence-electron chi connectivity index (χ1n) is 6.96. The van der Waals surface area contributed by atoms with Crippen LogP contribution in [0, 0.1) is 0 Å². The zero-order valence-electron chi connectivity index (χ0n) is 10.8. The SMILES string of the molecule is C1=CCC(c2ccc3c(c2)Cc2ccccc2-3)C=C1. The van der Waals surface area contributed by atoms with Crippen molar-refractivity contribution in [2.75, 3.05) is 0 Å². The molecule has 0 heteroatoms. The maximum Gasteiger partial charge on any atom is 0.00558 e. The standard InChI is InChI=1S/C19H16/c1-2-6-14(7-3-1)15-10-11-19-17(12-15)13-16-8-4-5-9-18(16)19/h1-6,8-12,14H,7,13H2. The van der Waals surface area contributed by atoms with Crippen molar-refractivity contribution in [3.63, 3.8) is 0 Å². The third-order valence-electron chi connectivity index (χ3n) is 4.23. The fourth-order valence-corrected chi connectivity index (χ4v) is 3.22. The summed E-state index contributed by atoms with van der Waals surface area (Å²) in [7, 11) is 0. The molecule has 0 aromatic heterocycles. The van der Waals surface area contributed by atoms with E-state index in [1.54, 1.807) is 0 Å². The van der Waals surface area contributed by atoms with Gasteiger partial charge in [-0.1, -0.05) is 66.8 Å². The van der Waals surface area contributed by atoms with Crippen molar-refractivity contribution in [1.29, 1.82) is 0 Å². The van der Waals surface area contributed by atoms with Gasteiger partial charge in [0, 0.05) is 5.92 Å². The summed E-state index contributed by atoms with van der Waals surface area (Å²) in [5.74, 6) is 0.555. The van der Waals surface area contributed by atoms with Crippen molar-refractivity contribution in [2.24, 2.45) is 0 Å². The molecule has 1 atom stereocenters. The van der Waals surface area contributed by atoms with Crippen LogP contribution in [-0.2, 0) is 6.42 Å². The van der Waals surface area contributed by atoms with E-state index in [1.807, 2.05) is 0 Å². The van der Waals surface area contributed by atoms with Crippen LogP contribution >= 0.6 is 0 Å². The number of hydrogen-bond acceptors (Lipinski definition) is 0. The first-order valence-corrected chi connectivity index (χ1v) is 6.96. The van der Waals surface area contributed by atoms with Crippen LogP contribution in [0.3, 0.4) is 0 Å². The Morgan fingerprint density at radius 1 is 0.842 bits per heavy atom. The zero-order chi connectivity index (χ0) is 12.7. The molecule has 19 heavy (non-hydrogen) atoms. The summed E-state index contributed by atoms with van der Waals surface area (Å²) in [5, 5.41) is 0. The molecule has 0 saturated heterocycles. The van der Waals surface area contributed by atoms with E-state index in [0.717, 1.165) is 12.8 Å². The minimum absolute atomic E-state index is 0.555. The van der Waals surface area contributed by atoms with Gasteiger partial charge < -0.3 is 0 Å². The molecule has 1 unspecified atom stereocenters. The summed E-state index contributed by atoms with van der Waals surface area (Å²) in [6.07, 6.45) is 11.1. The Hall–Kier alpha value is -2.08. The van der Waals surface area contributed by atoms with Crippen molar-refractivity contribution >= 4 is 0 Å². The second-order valence-electron chi connectivity index (χ2n) is 5.41. The number of rotatable bonds is 1. The predicted molar refractivity (Wildman–Crippen MR) is 80.3 cm³/mol. The van der Waals surface area contributed by atoms with Crippen molar-refractivity contribution < 1.29 is 0 Å². The van der Waals surface area contributed by atoms with E-state index in [9.17, 15) is 0 Å². The highest BCUT2D eigenvalue weighted by Gasteiger charge is 2.19. The van der Waals surface area contributed by atoms with Crippen LogP contribution in [0.4, 0.5) is 0 Å². The highest BCUT2D eigenvalue weighted by Crippen LogP contribution is 2.38. The fraction of sp³-hybridized carbons (Fsp3) is 0.158. The van der Waals surface area contributed by atoms with E-state index in [2.05, 4.69) is 66.8 Å². The average Bonchev–Trinajstić information content (AvgIpc) is 2.86. The first kappa shape index (κ1) is 10.8. The van der Waals surface area contributed by atoms with Gasteiger partial charge in [0.05, 0.1) is 0 Å². The lowest BCUT2D eigenvalue weighted by Gasteiger charge is -2.14. The van der Waals surface area contributed by atoms with Gasteiger partial charge in [0.2, 0.25) is 0 Å². The molecular formula is C19H16. The highest BCUT2D eigenvalue weighted by atomic mass is 14.2. The van der Waals surface area contributed by atoms with Crippen LogP contribution in [0.25, 0.3) is 11.1 Å². The Morgan fingerprint density at radius 3 is 2.63 bits per heavy atom. The first-order chi connectivity index (χ1) is 9.42. The molecule has 0 amide bonds. The second-order valence-corrected chi connectivity index (χ2v) is 5.41. The van der Waals surface area contributed by atoms with Crippen LogP contribution in [0.2, 0.25) is 0 Å². The largest absolute Gasteiger partial charge is 0.0836 e. The normalized spacial score (nSPS) is 19.3. The Kier molecular flexibility index (Phi) is 2.41. The monoisotopic (exact) mass is 244 g/mol. The Morgan fingerprint density at radius 2 is 1.74 bits per heavy atom. The molecule has 4 rings (SSSR count). The number of benzene rings is 2. The molecule has 2 aliphatic carbocycles. The molecule has 0 spiro atoms. The van der Waals surface area contributed by atoms with Crippen LogP contribution in [0.1, 0.15) is 29.0 Å². The molecule has 0 heterocycles.